The summed E-state index contributed by atoms with van der Waals surface area (Å²) in [7, 11) is 0. The molecule has 2 fully saturated rings. The Morgan fingerprint density at radius 1 is 1.29 bits per heavy atom. The van der Waals surface area contributed by atoms with E-state index >= 15 is 0 Å². The summed E-state index contributed by atoms with van der Waals surface area (Å²) in [5.74, 6) is -3.25. The van der Waals surface area contributed by atoms with Crippen molar-refractivity contribution in [1.29, 1.82) is 0 Å². The fourth-order valence-electron chi connectivity index (χ4n) is 3.92. The van der Waals surface area contributed by atoms with Crippen molar-refractivity contribution in [3.05, 3.63) is 0 Å². The standard InChI is InChI=1S/C16H24F2N2O4/c1-7(2)5-9(19-13(21)12(17)18)14(22)20-6-8-10(16(8,3)4)11(20)15(23)24/h7-12H,5-6H2,1-4H3,(H,19,21)(H,23,24)/t8-,9-,10-,11-/m0/s1. The number of carboxylic acids is 1. The highest BCUT2D eigenvalue weighted by Crippen LogP contribution is 2.64. The molecule has 1 aliphatic carbocycles. The van der Waals surface area contributed by atoms with E-state index in [4.69, 9.17) is 0 Å². The number of fused-ring (bicyclic) bond motifs is 1. The highest BCUT2D eigenvalue weighted by atomic mass is 19.3. The number of carbonyl (C=O) groups is 3. The molecule has 2 aliphatic rings. The molecule has 2 amide bonds. The van der Waals surface area contributed by atoms with Gasteiger partial charge in [0.25, 0.3) is 5.91 Å². The van der Waals surface area contributed by atoms with Crippen LogP contribution in [-0.2, 0) is 14.4 Å². The average Bonchev–Trinajstić information content (AvgIpc) is 2.85. The Bertz CT molecular complexity index is 550. The fourth-order valence-corrected chi connectivity index (χ4v) is 3.92. The average molecular weight is 346 g/mol. The van der Waals surface area contributed by atoms with Gasteiger partial charge in [0.15, 0.2) is 0 Å². The van der Waals surface area contributed by atoms with Crippen LogP contribution in [0.4, 0.5) is 8.78 Å². The number of nitrogens with one attached hydrogen (secondary N) is 1. The summed E-state index contributed by atoms with van der Waals surface area (Å²) in [6, 6.07) is -2.09. The van der Waals surface area contributed by atoms with Gasteiger partial charge in [-0.05, 0) is 23.7 Å². The lowest BCUT2D eigenvalue weighted by atomic mass is 9.98. The van der Waals surface area contributed by atoms with Crippen molar-refractivity contribution < 1.29 is 28.3 Å². The lowest BCUT2D eigenvalue weighted by Crippen LogP contribution is -2.55. The summed E-state index contributed by atoms with van der Waals surface area (Å²) in [5, 5.41) is 11.6. The Balaban J connectivity index is 2.17. The molecule has 136 valence electrons. The minimum atomic E-state index is -3.21. The molecule has 2 N–H and O–H groups in total. The molecule has 0 aromatic rings. The molecule has 1 saturated carbocycles. The third-order valence-corrected chi connectivity index (χ3v) is 5.26. The van der Waals surface area contributed by atoms with Gasteiger partial charge in [0.05, 0.1) is 0 Å². The second-order valence-electron chi connectivity index (χ2n) is 7.72. The van der Waals surface area contributed by atoms with E-state index in [1.165, 1.54) is 4.90 Å². The van der Waals surface area contributed by atoms with Crippen molar-refractivity contribution in [1.82, 2.24) is 10.2 Å². The number of hydrogen-bond donors (Lipinski definition) is 2. The third kappa shape index (κ3) is 3.23. The predicted octanol–water partition coefficient (Wildman–Crippen LogP) is 1.35. The van der Waals surface area contributed by atoms with Gasteiger partial charge in [-0.15, -0.1) is 0 Å². The van der Waals surface area contributed by atoms with Crippen LogP contribution in [0.15, 0.2) is 0 Å². The van der Waals surface area contributed by atoms with E-state index in [9.17, 15) is 28.3 Å². The number of carboxylic acid groups (broad SMARTS) is 1. The summed E-state index contributed by atoms with van der Waals surface area (Å²) < 4.78 is 25.0. The van der Waals surface area contributed by atoms with E-state index < -0.39 is 36.3 Å². The van der Waals surface area contributed by atoms with E-state index in [-0.39, 0.29) is 36.1 Å². The summed E-state index contributed by atoms with van der Waals surface area (Å²) in [6.45, 7) is 7.81. The van der Waals surface area contributed by atoms with Gasteiger partial charge in [-0.3, -0.25) is 9.59 Å². The Hall–Kier alpha value is -1.73. The zero-order valence-corrected chi connectivity index (χ0v) is 14.3. The van der Waals surface area contributed by atoms with Gasteiger partial charge in [-0.1, -0.05) is 27.7 Å². The van der Waals surface area contributed by atoms with Crippen molar-refractivity contribution in [3.8, 4) is 0 Å². The van der Waals surface area contributed by atoms with E-state index in [2.05, 4.69) is 5.32 Å². The summed E-state index contributed by atoms with van der Waals surface area (Å²) in [6.07, 6.45) is -3.03. The zero-order chi connectivity index (χ0) is 18.4. The first-order valence-electron chi connectivity index (χ1n) is 8.10. The summed E-state index contributed by atoms with van der Waals surface area (Å²) in [5.41, 5.74) is -0.139. The molecule has 1 heterocycles. The van der Waals surface area contributed by atoms with Crippen molar-refractivity contribution in [2.75, 3.05) is 6.54 Å². The number of aliphatic carboxylic acids is 1. The van der Waals surface area contributed by atoms with E-state index in [1.54, 1.807) is 13.8 Å². The van der Waals surface area contributed by atoms with Crippen molar-refractivity contribution in [3.63, 3.8) is 0 Å². The third-order valence-electron chi connectivity index (χ3n) is 5.26. The van der Waals surface area contributed by atoms with Gasteiger partial charge < -0.3 is 15.3 Å². The molecule has 0 aromatic heterocycles. The molecule has 6 nitrogen and oxygen atoms in total. The quantitative estimate of drug-likeness (QED) is 0.760. The Kier molecular flexibility index (Phi) is 4.88. The largest absolute Gasteiger partial charge is 0.480 e. The fraction of sp³-hybridized carbons (Fsp3) is 0.812. The van der Waals surface area contributed by atoms with Gasteiger partial charge in [0.2, 0.25) is 5.91 Å². The van der Waals surface area contributed by atoms with Crippen LogP contribution >= 0.6 is 0 Å². The number of alkyl halides is 2. The number of carbonyl (C=O) groups excluding carboxylic acids is 2. The number of amides is 2. The molecule has 1 aliphatic heterocycles. The van der Waals surface area contributed by atoms with Gasteiger partial charge in [0, 0.05) is 12.5 Å². The molecule has 8 heteroatoms. The minimum absolute atomic E-state index is 0.0196. The molecule has 1 saturated heterocycles. The second kappa shape index (κ2) is 6.29. The van der Waals surface area contributed by atoms with E-state index in [1.807, 2.05) is 13.8 Å². The van der Waals surface area contributed by atoms with Crippen LogP contribution in [0, 0.1) is 23.2 Å². The summed E-state index contributed by atoms with van der Waals surface area (Å²) >= 11 is 0. The maximum absolute atomic E-state index is 12.7. The molecule has 2 rings (SSSR count). The molecule has 0 bridgehead atoms. The molecular weight excluding hydrogens is 322 g/mol. The highest BCUT2D eigenvalue weighted by Gasteiger charge is 2.69. The lowest BCUT2D eigenvalue weighted by molar-refractivity contribution is -0.152. The van der Waals surface area contributed by atoms with Crippen molar-refractivity contribution in [2.45, 2.75) is 52.6 Å². The smallest absolute Gasteiger partial charge is 0.326 e. The maximum atomic E-state index is 12.7. The van der Waals surface area contributed by atoms with Crippen LogP contribution in [0.5, 0.6) is 0 Å². The van der Waals surface area contributed by atoms with Crippen molar-refractivity contribution >= 4 is 17.8 Å². The van der Waals surface area contributed by atoms with Crippen LogP contribution in [0.3, 0.4) is 0 Å². The summed E-state index contributed by atoms with van der Waals surface area (Å²) in [4.78, 5) is 36.9. The first-order valence-corrected chi connectivity index (χ1v) is 8.10. The number of piperidine rings is 1. The minimum Gasteiger partial charge on any atom is -0.480 e. The van der Waals surface area contributed by atoms with Crippen LogP contribution < -0.4 is 5.32 Å². The van der Waals surface area contributed by atoms with Gasteiger partial charge in [-0.25, -0.2) is 4.79 Å². The van der Waals surface area contributed by atoms with Gasteiger partial charge in [-0.2, -0.15) is 8.78 Å². The normalized spacial score (nSPS) is 28.7. The molecule has 0 aromatic carbocycles. The molecule has 0 unspecified atom stereocenters. The number of hydrogen-bond acceptors (Lipinski definition) is 3. The van der Waals surface area contributed by atoms with E-state index in [0.29, 0.717) is 0 Å². The molecule has 4 atom stereocenters. The lowest BCUT2D eigenvalue weighted by Gasteiger charge is -2.32. The molecule has 24 heavy (non-hydrogen) atoms. The second-order valence-corrected chi connectivity index (χ2v) is 7.72. The van der Waals surface area contributed by atoms with Crippen LogP contribution in [0.25, 0.3) is 0 Å². The first kappa shape index (κ1) is 18.6. The van der Waals surface area contributed by atoms with Crippen LogP contribution in [0.2, 0.25) is 0 Å². The Labute approximate surface area is 139 Å². The maximum Gasteiger partial charge on any atom is 0.326 e. The monoisotopic (exact) mass is 346 g/mol. The van der Waals surface area contributed by atoms with Crippen LogP contribution in [-0.4, -0.2) is 52.8 Å². The zero-order valence-electron chi connectivity index (χ0n) is 14.3. The number of likely N-dealkylation sites (tertiary alicyclic amines) is 1. The Morgan fingerprint density at radius 2 is 1.88 bits per heavy atom. The molecule has 0 radical (unpaired) electrons. The Morgan fingerprint density at radius 3 is 2.33 bits per heavy atom. The topological polar surface area (TPSA) is 86.7 Å². The van der Waals surface area contributed by atoms with E-state index in [0.717, 1.165) is 0 Å². The van der Waals surface area contributed by atoms with Gasteiger partial charge >= 0.3 is 12.4 Å². The molecule has 0 spiro atoms. The van der Waals surface area contributed by atoms with Gasteiger partial charge in [0.1, 0.15) is 12.1 Å². The number of nitrogens with zero attached hydrogens (tertiary/aromatic N) is 1. The SMILES string of the molecule is CC(C)C[C@H](NC(=O)C(F)F)C(=O)N1C[C@H]2[C@@H]([C@H]1C(=O)O)C2(C)C. The molecular formula is C16H24F2N2O4. The predicted molar refractivity (Wildman–Crippen MR) is 81.3 cm³/mol. The van der Waals surface area contributed by atoms with Crippen LogP contribution in [0.1, 0.15) is 34.1 Å². The number of rotatable bonds is 6. The highest BCUT2D eigenvalue weighted by molar-refractivity contribution is 5.92. The van der Waals surface area contributed by atoms with Crippen molar-refractivity contribution in [2.24, 2.45) is 23.2 Å². The first-order chi connectivity index (χ1) is 11.0. The number of halogens is 2.